The Kier molecular flexibility index (Phi) is 4.27. The molecular formula is C18H14ClNO4. The second-order valence-corrected chi connectivity index (χ2v) is 5.68. The Hall–Kier alpha value is -2.79. The Morgan fingerprint density at radius 1 is 1.21 bits per heavy atom. The van der Waals surface area contributed by atoms with Crippen molar-refractivity contribution in [2.45, 2.75) is 6.92 Å². The SMILES string of the molecule is COc1cccc2cc(C(=O)Nc3cc(Cl)ccc3C)c(=O)oc12. The molecule has 1 amide bonds. The number of aryl methyl sites for hydroxylation is 1. The summed E-state index contributed by atoms with van der Waals surface area (Å²) in [5.41, 5.74) is 0.858. The van der Waals surface area contributed by atoms with Crippen LogP contribution in [0.5, 0.6) is 5.75 Å². The van der Waals surface area contributed by atoms with Gasteiger partial charge in [-0.1, -0.05) is 29.8 Å². The maximum Gasteiger partial charge on any atom is 0.349 e. The summed E-state index contributed by atoms with van der Waals surface area (Å²) in [6.07, 6.45) is 0. The van der Waals surface area contributed by atoms with Crippen LogP contribution in [0.4, 0.5) is 5.69 Å². The van der Waals surface area contributed by atoms with Gasteiger partial charge < -0.3 is 14.5 Å². The van der Waals surface area contributed by atoms with Crippen LogP contribution >= 0.6 is 11.6 Å². The fourth-order valence-electron chi connectivity index (χ4n) is 2.36. The summed E-state index contributed by atoms with van der Waals surface area (Å²) < 4.78 is 10.4. The van der Waals surface area contributed by atoms with Gasteiger partial charge >= 0.3 is 5.63 Å². The highest BCUT2D eigenvalue weighted by Crippen LogP contribution is 2.25. The number of fused-ring (bicyclic) bond motifs is 1. The van der Waals surface area contributed by atoms with Crippen molar-refractivity contribution >= 4 is 34.2 Å². The maximum absolute atomic E-state index is 12.5. The standard InChI is InChI=1S/C18H14ClNO4/c1-10-6-7-12(19)9-14(10)20-17(21)13-8-11-4-3-5-15(23-2)16(11)24-18(13)22/h3-9H,1-2H3,(H,20,21). The molecule has 0 unspecified atom stereocenters. The first kappa shape index (κ1) is 16.1. The highest BCUT2D eigenvalue weighted by molar-refractivity contribution is 6.31. The maximum atomic E-state index is 12.5. The van der Waals surface area contributed by atoms with Crippen LogP contribution in [0.15, 0.2) is 51.7 Å². The number of para-hydroxylation sites is 1. The predicted molar refractivity (Wildman–Crippen MR) is 93.2 cm³/mol. The molecule has 0 spiro atoms. The monoisotopic (exact) mass is 343 g/mol. The van der Waals surface area contributed by atoms with Gasteiger partial charge in [-0.25, -0.2) is 4.79 Å². The fraction of sp³-hybridized carbons (Fsp3) is 0.111. The average molecular weight is 344 g/mol. The Bertz CT molecular complexity index is 994. The Labute approximate surface area is 142 Å². The number of nitrogens with one attached hydrogen (secondary N) is 1. The van der Waals surface area contributed by atoms with Crippen molar-refractivity contribution in [1.82, 2.24) is 0 Å². The molecule has 0 atom stereocenters. The summed E-state index contributed by atoms with van der Waals surface area (Å²) in [7, 11) is 1.48. The van der Waals surface area contributed by atoms with E-state index in [2.05, 4.69) is 5.32 Å². The Morgan fingerprint density at radius 2 is 2.00 bits per heavy atom. The van der Waals surface area contributed by atoms with Crippen LogP contribution in [0.1, 0.15) is 15.9 Å². The van der Waals surface area contributed by atoms with Crippen LogP contribution in [0.25, 0.3) is 11.0 Å². The summed E-state index contributed by atoms with van der Waals surface area (Å²) >= 11 is 5.94. The summed E-state index contributed by atoms with van der Waals surface area (Å²) in [6.45, 7) is 1.83. The lowest BCUT2D eigenvalue weighted by atomic mass is 10.1. The third-order valence-corrected chi connectivity index (χ3v) is 3.87. The van der Waals surface area contributed by atoms with Crippen molar-refractivity contribution < 1.29 is 13.9 Å². The second kappa shape index (κ2) is 6.37. The number of carbonyl (C=O) groups is 1. The molecule has 0 saturated carbocycles. The van der Waals surface area contributed by atoms with Gasteiger partial charge in [0.1, 0.15) is 5.56 Å². The topological polar surface area (TPSA) is 68.5 Å². The highest BCUT2D eigenvalue weighted by Gasteiger charge is 2.16. The van der Waals surface area contributed by atoms with Crippen LogP contribution in [0.3, 0.4) is 0 Å². The van der Waals surface area contributed by atoms with Crippen molar-refractivity contribution in [2.24, 2.45) is 0 Å². The van der Waals surface area contributed by atoms with Gasteiger partial charge in [-0.3, -0.25) is 4.79 Å². The normalized spacial score (nSPS) is 10.6. The molecule has 1 heterocycles. The van der Waals surface area contributed by atoms with E-state index in [1.165, 1.54) is 13.2 Å². The zero-order valence-electron chi connectivity index (χ0n) is 13.1. The lowest BCUT2D eigenvalue weighted by Crippen LogP contribution is -2.21. The van der Waals surface area contributed by atoms with Crippen molar-refractivity contribution in [3.05, 3.63) is 69.0 Å². The van der Waals surface area contributed by atoms with Crippen LogP contribution in [-0.4, -0.2) is 13.0 Å². The fourth-order valence-corrected chi connectivity index (χ4v) is 2.53. The minimum atomic E-state index is -0.732. The average Bonchev–Trinajstić information content (AvgIpc) is 2.57. The molecule has 0 saturated heterocycles. The smallest absolute Gasteiger partial charge is 0.349 e. The summed E-state index contributed by atoms with van der Waals surface area (Å²) in [4.78, 5) is 24.6. The molecule has 3 rings (SSSR count). The van der Waals surface area contributed by atoms with Gasteiger partial charge in [-0.15, -0.1) is 0 Å². The molecule has 6 heteroatoms. The third-order valence-electron chi connectivity index (χ3n) is 3.64. The number of benzene rings is 2. The van der Waals surface area contributed by atoms with Gasteiger partial charge in [0, 0.05) is 16.1 Å². The molecule has 3 aromatic rings. The van der Waals surface area contributed by atoms with E-state index in [0.717, 1.165) is 5.56 Å². The van der Waals surface area contributed by atoms with Crippen LogP contribution in [0, 0.1) is 6.92 Å². The lowest BCUT2D eigenvalue weighted by molar-refractivity contribution is 0.102. The van der Waals surface area contributed by atoms with E-state index < -0.39 is 11.5 Å². The Balaban J connectivity index is 2.03. The van der Waals surface area contributed by atoms with E-state index in [1.807, 2.05) is 6.92 Å². The number of carbonyl (C=O) groups excluding carboxylic acids is 1. The number of anilines is 1. The third kappa shape index (κ3) is 2.98. The number of methoxy groups -OCH3 is 1. The van der Waals surface area contributed by atoms with E-state index >= 15 is 0 Å². The van der Waals surface area contributed by atoms with Crippen molar-refractivity contribution in [1.29, 1.82) is 0 Å². The molecule has 0 radical (unpaired) electrons. The first-order chi connectivity index (χ1) is 11.5. The van der Waals surface area contributed by atoms with E-state index in [4.69, 9.17) is 20.8 Å². The molecule has 24 heavy (non-hydrogen) atoms. The van der Waals surface area contributed by atoms with Crippen LogP contribution in [-0.2, 0) is 0 Å². The Morgan fingerprint density at radius 3 is 2.75 bits per heavy atom. The minimum Gasteiger partial charge on any atom is -0.493 e. The molecule has 0 aliphatic heterocycles. The van der Waals surface area contributed by atoms with Crippen molar-refractivity contribution in [2.75, 3.05) is 12.4 Å². The molecule has 1 N–H and O–H groups in total. The number of hydrogen-bond acceptors (Lipinski definition) is 4. The zero-order valence-corrected chi connectivity index (χ0v) is 13.8. The van der Waals surface area contributed by atoms with Crippen molar-refractivity contribution in [3.63, 3.8) is 0 Å². The predicted octanol–water partition coefficient (Wildman–Crippen LogP) is 4.02. The van der Waals surface area contributed by atoms with Gasteiger partial charge in [0.05, 0.1) is 7.11 Å². The molecule has 122 valence electrons. The van der Waals surface area contributed by atoms with Gasteiger partial charge in [0.25, 0.3) is 5.91 Å². The van der Waals surface area contributed by atoms with Gasteiger partial charge in [-0.2, -0.15) is 0 Å². The number of halogens is 1. The minimum absolute atomic E-state index is 0.0878. The van der Waals surface area contributed by atoms with E-state index in [0.29, 0.717) is 27.4 Å². The van der Waals surface area contributed by atoms with Gasteiger partial charge in [0.2, 0.25) is 0 Å². The van der Waals surface area contributed by atoms with Crippen LogP contribution < -0.4 is 15.7 Å². The van der Waals surface area contributed by atoms with Crippen molar-refractivity contribution in [3.8, 4) is 5.75 Å². The summed E-state index contributed by atoms with van der Waals surface area (Å²) in [5, 5.41) is 3.78. The highest BCUT2D eigenvalue weighted by atomic mass is 35.5. The van der Waals surface area contributed by atoms with E-state index in [-0.39, 0.29) is 5.56 Å². The number of ether oxygens (including phenoxy) is 1. The molecule has 0 aliphatic carbocycles. The van der Waals surface area contributed by atoms with Gasteiger partial charge in [0.15, 0.2) is 11.3 Å². The van der Waals surface area contributed by atoms with Gasteiger partial charge in [-0.05, 0) is 36.8 Å². The quantitative estimate of drug-likeness (QED) is 0.729. The first-order valence-corrected chi connectivity index (χ1v) is 7.56. The molecule has 0 fully saturated rings. The largest absolute Gasteiger partial charge is 0.493 e. The molecule has 5 nitrogen and oxygen atoms in total. The summed E-state index contributed by atoms with van der Waals surface area (Å²) in [6, 6.07) is 11.8. The first-order valence-electron chi connectivity index (χ1n) is 7.18. The van der Waals surface area contributed by atoms with E-state index in [1.54, 1.807) is 36.4 Å². The summed E-state index contributed by atoms with van der Waals surface area (Å²) in [5.74, 6) is -0.124. The number of amides is 1. The van der Waals surface area contributed by atoms with E-state index in [9.17, 15) is 9.59 Å². The lowest BCUT2D eigenvalue weighted by Gasteiger charge is -2.09. The number of rotatable bonds is 3. The molecule has 0 bridgehead atoms. The van der Waals surface area contributed by atoms with Crippen LogP contribution in [0.2, 0.25) is 5.02 Å². The second-order valence-electron chi connectivity index (χ2n) is 5.24. The molecular weight excluding hydrogens is 330 g/mol. The molecule has 1 aromatic heterocycles. The number of hydrogen-bond donors (Lipinski definition) is 1. The molecule has 2 aromatic carbocycles. The zero-order chi connectivity index (χ0) is 17.3. The molecule has 0 aliphatic rings.